The molecule has 21 heavy (non-hydrogen) atoms. The molecule has 0 bridgehead atoms. The van der Waals surface area contributed by atoms with Crippen LogP contribution < -0.4 is 0 Å². The maximum absolute atomic E-state index is 11.6. The van der Waals surface area contributed by atoms with Crippen LogP contribution in [0.2, 0.25) is 0 Å². The second-order valence-electron chi connectivity index (χ2n) is 4.87. The lowest BCUT2D eigenvalue weighted by Crippen LogP contribution is -2.12. The van der Waals surface area contributed by atoms with E-state index < -0.39 is 9.05 Å². The monoisotopic (exact) mass is 455 g/mol. The molecule has 0 saturated heterocycles. The van der Waals surface area contributed by atoms with Gasteiger partial charge in [-0.2, -0.15) is 0 Å². The molecule has 0 N–H and O–H groups in total. The van der Waals surface area contributed by atoms with Gasteiger partial charge in [0, 0.05) is 31.7 Å². The van der Waals surface area contributed by atoms with E-state index in [4.69, 9.17) is 10.7 Å². The molecule has 0 aliphatic heterocycles. The van der Waals surface area contributed by atoms with Crippen molar-refractivity contribution in [1.29, 1.82) is 0 Å². The van der Waals surface area contributed by atoms with Crippen LogP contribution in [-0.4, -0.2) is 23.2 Å². The molecule has 0 saturated carbocycles. The molecule has 0 amide bonds. The summed E-state index contributed by atoms with van der Waals surface area (Å²) in [4.78, 5) is 0. The van der Waals surface area contributed by atoms with Gasteiger partial charge >= 0.3 is 0 Å². The number of rotatable bonds is 4. The van der Waals surface area contributed by atoms with E-state index in [-0.39, 0.29) is 11.1 Å². The number of hydrogen-bond acceptors (Lipinski definition) is 4. The first-order valence-corrected chi connectivity index (χ1v) is 9.93. The Hall–Kier alpha value is -0.440. The number of benzene rings is 1. The van der Waals surface area contributed by atoms with Crippen LogP contribution in [-0.2, 0) is 15.6 Å². The van der Waals surface area contributed by atoms with E-state index in [9.17, 15) is 8.42 Å². The zero-order chi connectivity index (χ0) is 15.8. The second-order valence-corrected chi connectivity index (χ2v) is 9.10. The van der Waals surface area contributed by atoms with E-state index in [0.717, 1.165) is 14.5 Å². The fourth-order valence-corrected chi connectivity index (χ4v) is 4.00. The maximum Gasteiger partial charge on any atom is 0.296 e. The smallest absolute Gasteiger partial charge is 0.296 e. The number of nitrogens with zero attached hydrogens (tertiary/aromatic N) is 3. The summed E-state index contributed by atoms with van der Waals surface area (Å²) in [5.41, 5.74) is 0.748. The van der Waals surface area contributed by atoms with Crippen molar-refractivity contribution in [2.45, 2.75) is 25.5 Å². The third kappa shape index (κ3) is 3.85. The fourth-order valence-electron chi connectivity index (χ4n) is 1.87. The van der Waals surface area contributed by atoms with Crippen molar-refractivity contribution < 1.29 is 8.42 Å². The van der Waals surface area contributed by atoms with Crippen LogP contribution in [0.15, 0.2) is 32.3 Å². The van der Waals surface area contributed by atoms with Crippen LogP contribution in [0, 0.1) is 5.92 Å². The van der Waals surface area contributed by atoms with Gasteiger partial charge in [0.1, 0.15) is 0 Å². The summed E-state index contributed by atoms with van der Waals surface area (Å²) in [7, 11) is 1.49. The lowest BCUT2D eigenvalue weighted by atomic mass is 10.2. The lowest BCUT2D eigenvalue weighted by molar-refractivity contribution is 0.488. The van der Waals surface area contributed by atoms with Crippen molar-refractivity contribution in [3.05, 3.63) is 27.1 Å². The zero-order valence-corrected chi connectivity index (χ0v) is 16.0. The molecule has 1 heterocycles. The molecule has 0 fully saturated rings. The molecule has 2 rings (SSSR count). The Morgan fingerprint density at radius 3 is 2.48 bits per heavy atom. The molecule has 9 heteroatoms. The molecule has 0 unspecified atom stereocenters. The number of aromatic nitrogens is 3. The highest BCUT2D eigenvalue weighted by atomic mass is 79.9. The van der Waals surface area contributed by atoms with Crippen molar-refractivity contribution in [3.63, 3.8) is 0 Å². The standard InChI is InChI=1S/C12H12Br2ClN3O2S/c1-7(2)6-18-11(16-17-12(18)21(15,19)20)9-4-3-8(13)5-10(9)14/h3-5,7H,6H2,1-2H3. The highest BCUT2D eigenvalue weighted by Gasteiger charge is 2.24. The second kappa shape index (κ2) is 6.36. The van der Waals surface area contributed by atoms with Gasteiger partial charge in [0.05, 0.1) is 0 Å². The van der Waals surface area contributed by atoms with Gasteiger partial charge in [-0.05, 0) is 40.0 Å². The molecule has 0 aliphatic carbocycles. The van der Waals surface area contributed by atoms with E-state index >= 15 is 0 Å². The summed E-state index contributed by atoms with van der Waals surface area (Å²) >= 11 is 6.83. The zero-order valence-electron chi connectivity index (χ0n) is 11.2. The molecule has 1 aromatic carbocycles. The van der Waals surface area contributed by atoms with Gasteiger partial charge in [-0.1, -0.05) is 29.8 Å². The van der Waals surface area contributed by atoms with Crippen LogP contribution in [0.5, 0.6) is 0 Å². The molecule has 0 atom stereocenters. The average Bonchev–Trinajstić information content (AvgIpc) is 2.71. The molecule has 0 spiro atoms. The van der Waals surface area contributed by atoms with Crippen LogP contribution in [0.1, 0.15) is 13.8 Å². The Bertz CT molecular complexity index is 775. The van der Waals surface area contributed by atoms with Crippen molar-refractivity contribution in [2.24, 2.45) is 5.92 Å². The first-order chi connectivity index (χ1) is 9.70. The number of hydrogen-bond donors (Lipinski definition) is 0. The molecule has 1 aromatic heterocycles. The SMILES string of the molecule is CC(C)Cn1c(-c2ccc(Br)cc2Br)nnc1S(=O)(=O)Cl. The Morgan fingerprint density at radius 2 is 1.95 bits per heavy atom. The molecule has 114 valence electrons. The normalized spacial score (nSPS) is 12.1. The topological polar surface area (TPSA) is 64.8 Å². The molecular formula is C12H12Br2ClN3O2S. The van der Waals surface area contributed by atoms with Crippen molar-refractivity contribution >= 4 is 51.6 Å². The van der Waals surface area contributed by atoms with E-state index in [2.05, 4.69) is 42.1 Å². The van der Waals surface area contributed by atoms with Gasteiger partial charge in [0.15, 0.2) is 5.82 Å². The minimum Gasteiger partial charge on any atom is -0.297 e. The predicted octanol–water partition coefficient (Wildman–Crippen LogP) is 4.05. The van der Waals surface area contributed by atoms with Crippen molar-refractivity contribution in [1.82, 2.24) is 14.8 Å². The maximum atomic E-state index is 11.6. The molecule has 0 aliphatic rings. The Labute approximate surface area is 144 Å². The summed E-state index contributed by atoms with van der Waals surface area (Å²) in [6, 6.07) is 5.54. The van der Waals surface area contributed by atoms with E-state index in [1.165, 1.54) is 4.57 Å². The molecule has 5 nitrogen and oxygen atoms in total. The van der Waals surface area contributed by atoms with Crippen molar-refractivity contribution in [2.75, 3.05) is 0 Å². The van der Waals surface area contributed by atoms with E-state index in [1.54, 1.807) is 0 Å². The third-order valence-electron chi connectivity index (χ3n) is 2.65. The summed E-state index contributed by atoms with van der Waals surface area (Å²) < 4.78 is 26.5. The highest BCUT2D eigenvalue weighted by molar-refractivity contribution is 9.11. The van der Waals surface area contributed by atoms with Crippen LogP contribution >= 0.6 is 42.5 Å². The molecule has 2 aromatic rings. The summed E-state index contributed by atoms with van der Waals surface area (Å²) in [5, 5.41) is 7.51. The largest absolute Gasteiger partial charge is 0.297 e. The minimum atomic E-state index is -3.95. The summed E-state index contributed by atoms with van der Waals surface area (Å²) in [6.07, 6.45) is 0. The minimum absolute atomic E-state index is 0.214. The third-order valence-corrected chi connectivity index (χ3v) is 4.96. The van der Waals surface area contributed by atoms with Gasteiger partial charge in [-0.25, -0.2) is 8.42 Å². The van der Waals surface area contributed by atoms with Gasteiger partial charge in [-0.15, -0.1) is 10.2 Å². The summed E-state index contributed by atoms with van der Waals surface area (Å²) in [6.45, 7) is 4.40. The van der Waals surface area contributed by atoms with Crippen LogP contribution in [0.25, 0.3) is 11.4 Å². The Morgan fingerprint density at radius 1 is 1.29 bits per heavy atom. The van der Waals surface area contributed by atoms with Gasteiger partial charge < -0.3 is 0 Å². The highest BCUT2D eigenvalue weighted by Crippen LogP contribution is 2.31. The first kappa shape index (κ1) is 16.9. The van der Waals surface area contributed by atoms with Gasteiger partial charge in [0.25, 0.3) is 14.2 Å². The Kier molecular flexibility index (Phi) is 5.12. The van der Waals surface area contributed by atoms with E-state index in [0.29, 0.717) is 12.4 Å². The van der Waals surface area contributed by atoms with Crippen LogP contribution in [0.4, 0.5) is 0 Å². The Balaban J connectivity index is 2.66. The average molecular weight is 458 g/mol. The quantitative estimate of drug-likeness (QED) is 0.650. The molecular weight excluding hydrogens is 445 g/mol. The van der Waals surface area contributed by atoms with Crippen LogP contribution in [0.3, 0.4) is 0 Å². The molecule has 0 radical (unpaired) electrons. The van der Waals surface area contributed by atoms with Gasteiger partial charge in [0.2, 0.25) is 0 Å². The summed E-state index contributed by atoms with van der Waals surface area (Å²) in [5.74, 6) is 0.674. The van der Waals surface area contributed by atoms with Gasteiger partial charge in [-0.3, -0.25) is 4.57 Å². The first-order valence-electron chi connectivity index (χ1n) is 6.03. The lowest BCUT2D eigenvalue weighted by Gasteiger charge is -2.12. The number of halogens is 3. The van der Waals surface area contributed by atoms with Crippen molar-refractivity contribution in [3.8, 4) is 11.4 Å². The fraction of sp³-hybridized carbons (Fsp3) is 0.333. The predicted molar refractivity (Wildman–Crippen MR) is 88.7 cm³/mol. The van der Waals surface area contributed by atoms with E-state index in [1.807, 2.05) is 32.0 Å².